The Bertz CT molecular complexity index is 1200. The van der Waals surface area contributed by atoms with Crippen molar-refractivity contribution in [1.29, 1.82) is 0 Å². The van der Waals surface area contributed by atoms with Crippen LogP contribution in [0.2, 0.25) is 0 Å². The first-order valence-electron chi connectivity index (χ1n) is 11.2. The Hall–Kier alpha value is -3.43. The van der Waals surface area contributed by atoms with Crippen molar-refractivity contribution in [2.75, 3.05) is 0 Å². The fourth-order valence-corrected chi connectivity index (χ4v) is 7.39. The van der Waals surface area contributed by atoms with Crippen molar-refractivity contribution in [3.63, 3.8) is 0 Å². The van der Waals surface area contributed by atoms with Crippen LogP contribution in [0.4, 0.5) is 52.7 Å². The molecule has 0 saturated carbocycles. The molecule has 3 aromatic rings. The van der Waals surface area contributed by atoms with E-state index < -0.39 is 60.9 Å². The molecule has 0 unspecified atom stereocenters. The number of benzene rings is 3. The van der Waals surface area contributed by atoms with Crippen LogP contribution in [0.3, 0.4) is 0 Å². The molecule has 18 heteroatoms. The molecular formula is C24H15F12O5P. The molecule has 0 radical (unpaired) electrons. The van der Waals surface area contributed by atoms with E-state index in [2.05, 4.69) is 9.05 Å². The SMILES string of the molecule is FC(F)(F)C1(C(F)(F)F)OP(Oc2ccccc2)(Oc2ccccc2)(Oc2ccccc2)OC1(C(F)(F)F)C(F)(F)F. The predicted octanol–water partition coefficient (Wildman–Crippen LogP) is 9.13. The summed E-state index contributed by atoms with van der Waals surface area (Å²) in [4.78, 5) is 0. The fourth-order valence-electron chi connectivity index (χ4n) is 4.05. The average molecular weight is 642 g/mol. The van der Waals surface area contributed by atoms with Gasteiger partial charge in [0.1, 0.15) is 0 Å². The predicted molar refractivity (Wildman–Crippen MR) is 120 cm³/mol. The number of para-hydroxylation sites is 3. The van der Waals surface area contributed by atoms with E-state index in [9.17, 15) is 52.7 Å². The molecule has 0 atom stereocenters. The minimum atomic E-state index is -8.03. The zero-order valence-electron chi connectivity index (χ0n) is 20.2. The summed E-state index contributed by atoms with van der Waals surface area (Å²) >= 11 is 0. The molecule has 0 aliphatic carbocycles. The van der Waals surface area contributed by atoms with Crippen LogP contribution in [0, 0.1) is 0 Å². The molecule has 1 fully saturated rings. The van der Waals surface area contributed by atoms with E-state index in [0.717, 1.165) is 72.8 Å². The first-order valence-corrected chi connectivity index (χ1v) is 13.0. The van der Waals surface area contributed by atoms with Gasteiger partial charge in [0.05, 0.1) is 0 Å². The van der Waals surface area contributed by atoms with Gasteiger partial charge in [-0.25, -0.2) is 0 Å². The summed E-state index contributed by atoms with van der Waals surface area (Å²) in [7, 11) is -8.03. The van der Waals surface area contributed by atoms with Gasteiger partial charge in [0.2, 0.25) is 0 Å². The van der Waals surface area contributed by atoms with Gasteiger partial charge in [-0.3, -0.25) is 0 Å². The minimum absolute atomic E-state index is 0.758. The fraction of sp³-hybridized carbons (Fsp3) is 0.250. The zero-order valence-corrected chi connectivity index (χ0v) is 21.1. The maximum atomic E-state index is 14.5. The van der Waals surface area contributed by atoms with E-state index in [4.69, 9.17) is 13.6 Å². The van der Waals surface area contributed by atoms with Gasteiger partial charge < -0.3 is 0 Å². The van der Waals surface area contributed by atoms with Crippen molar-refractivity contribution < 1.29 is 75.3 Å². The van der Waals surface area contributed by atoms with E-state index in [0.29, 0.717) is 0 Å². The van der Waals surface area contributed by atoms with Crippen molar-refractivity contribution in [3.05, 3.63) is 91.0 Å². The van der Waals surface area contributed by atoms with Gasteiger partial charge in [-0.2, -0.15) is 0 Å². The van der Waals surface area contributed by atoms with E-state index >= 15 is 0 Å². The number of alkyl halides is 12. The molecule has 0 spiro atoms. The van der Waals surface area contributed by atoms with Gasteiger partial charge in [-0.15, -0.1) is 0 Å². The molecule has 1 saturated heterocycles. The first kappa shape index (κ1) is 31.5. The molecule has 1 aliphatic rings. The molecule has 230 valence electrons. The second kappa shape index (κ2) is 9.81. The molecule has 1 heterocycles. The van der Waals surface area contributed by atoms with Gasteiger partial charge in [-0.05, 0) is 0 Å². The average Bonchev–Trinajstić information content (AvgIpc) is 3.16. The third-order valence-electron chi connectivity index (χ3n) is 5.66. The molecule has 0 amide bonds. The zero-order chi connectivity index (χ0) is 31.3. The normalized spacial score (nSPS) is 20.6. The summed E-state index contributed by atoms with van der Waals surface area (Å²) in [5.41, 5.74) is -14.5. The Kier molecular flexibility index (Phi) is 7.36. The number of hydrogen-bond donors (Lipinski definition) is 0. The second-order valence-electron chi connectivity index (χ2n) is 8.49. The molecule has 5 nitrogen and oxygen atoms in total. The maximum absolute atomic E-state index is 14.5. The Morgan fingerprint density at radius 2 is 0.619 bits per heavy atom. The Morgan fingerprint density at radius 1 is 0.405 bits per heavy atom. The van der Waals surface area contributed by atoms with Crippen LogP contribution in [-0.2, 0) is 9.05 Å². The van der Waals surface area contributed by atoms with E-state index in [-0.39, 0.29) is 0 Å². The van der Waals surface area contributed by atoms with Crippen molar-refractivity contribution in [2.24, 2.45) is 0 Å². The summed E-state index contributed by atoms with van der Waals surface area (Å²) in [6, 6.07) is 14.4. The summed E-state index contributed by atoms with van der Waals surface area (Å²) in [6.45, 7) is 0. The van der Waals surface area contributed by atoms with Gasteiger partial charge in [-0.1, -0.05) is 0 Å². The third-order valence-corrected chi connectivity index (χ3v) is 8.33. The molecule has 0 aromatic heterocycles. The van der Waals surface area contributed by atoms with Crippen LogP contribution in [0.1, 0.15) is 0 Å². The molecule has 4 rings (SSSR count). The van der Waals surface area contributed by atoms with Gasteiger partial charge in [0, 0.05) is 0 Å². The van der Waals surface area contributed by atoms with Crippen molar-refractivity contribution in [1.82, 2.24) is 0 Å². The summed E-state index contributed by atoms with van der Waals surface area (Å²) < 4.78 is 198. The van der Waals surface area contributed by atoms with Gasteiger partial charge in [0.15, 0.2) is 0 Å². The van der Waals surface area contributed by atoms with Gasteiger partial charge >= 0.3 is 227 Å². The molecule has 0 N–H and O–H groups in total. The van der Waals surface area contributed by atoms with Crippen LogP contribution in [0.5, 0.6) is 17.2 Å². The number of rotatable bonds is 6. The Morgan fingerprint density at radius 3 is 0.810 bits per heavy atom. The van der Waals surface area contributed by atoms with Crippen LogP contribution in [0.25, 0.3) is 0 Å². The van der Waals surface area contributed by atoms with Crippen molar-refractivity contribution in [3.8, 4) is 17.2 Å². The standard InChI is InChI=1S/C24H15F12O5P/c25-21(26,27)19(22(28,29)30)20(23(31,32)33,24(34,35)36)41-42(40-19,37-16-10-4-1-5-11-16,38-17-12-6-2-7-13-17)39-18-14-8-3-9-15-18/h1-15H. The quantitative estimate of drug-likeness (QED) is 0.198. The molecule has 1 aliphatic heterocycles. The van der Waals surface area contributed by atoms with Crippen LogP contribution >= 0.6 is 7.74 Å². The number of hydrogen-bond acceptors (Lipinski definition) is 5. The molecule has 42 heavy (non-hydrogen) atoms. The van der Waals surface area contributed by atoms with Crippen LogP contribution in [0.15, 0.2) is 91.0 Å². The summed E-state index contributed by atoms with van der Waals surface area (Å²) in [6.07, 6.45) is -30.2. The van der Waals surface area contributed by atoms with Crippen molar-refractivity contribution >= 4 is 7.74 Å². The van der Waals surface area contributed by atoms with Crippen LogP contribution in [-0.4, -0.2) is 35.9 Å². The van der Waals surface area contributed by atoms with E-state index in [1.54, 1.807) is 0 Å². The molecular weight excluding hydrogens is 627 g/mol. The van der Waals surface area contributed by atoms with Crippen molar-refractivity contribution in [2.45, 2.75) is 35.9 Å². The summed E-state index contributed by atoms with van der Waals surface area (Å²) in [5, 5.41) is 0. The molecule has 3 aromatic carbocycles. The third kappa shape index (κ3) is 4.86. The van der Waals surface area contributed by atoms with E-state index in [1.165, 1.54) is 18.2 Å². The first-order chi connectivity index (χ1) is 19.2. The number of halogens is 12. The van der Waals surface area contributed by atoms with Crippen LogP contribution < -0.4 is 13.6 Å². The van der Waals surface area contributed by atoms with E-state index in [1.807, 2.05) is 0 Å². The van der Waals surface area contributed by atoms with Gasteiger partial charge in [0.25, 0.3) is 0 Å². The Balaban J connectivity index is 2.23. The summed E-state index contributed by atoms with van der Waals surface area (Å²) in [5.74, 6) is -2.83. The molecule has 0 bridgehead atoms. The monoisotopic (exact) mass is 642 g/mol. The topological polar surface area (TPSA) is 46.2 Å². The second-order valence-corrected chi connectivity index (χ2v) is 10.9. The Labute approximate surface area is 227 Å².